The van der Waals surface area contributed by atoms with Gasteiger partial charge in [0.15, 0.2) is 0 Å². The van der Waals surface area contributed by atoms with E-state index in [9.17, 15) is 4.79 Å². The van der Waals surface area contributed by atoms with Gasteiger partial charge in [-0.25, -0.2) is 0 Å². The van der Waals surface area contributed by atoms with Crippen LogP contribution in [0.3, 0.4) is 0 Å². The quantitative estimate of drug-likeness (QED) is 0.823. The van der Waals surface area contributed by atoms with Crippen molar-refractivity contribution in [1.82, 2.24) is 0 Å². The first-order valence-electron chi connectivity index (χ1n) is 5.80. The fourth-order valence-electron chi connectivity index (χ4n) is 1.71. The van der Waals surface area contributed by atoms with Gasteiger partial charge in [0, 0.05) is 20.7 Å². The lowest BCUT2D eigenvalue weighted by molar-refractivity contribution is 0.102. The van der Waals surface area contributed by atoms with Crippen LogP contribution in [-0.2, 0) is 0 Å². The van der Waals surface area contributed by atoms with Crippen LogP contribution >= 0.6 is 27.5 Å². The second kappa shape index (κ2) is 5.76. The van der Waals surface area contributed by atoms with E-state index in [1.807, 2.05) is 32.0 Å². The highest BCUT2D eigenvalue weighted by Crippen LogP contribution is 2.21. The third-order valence-electron chi connectivity index (χ3n) is 2.89. The van der Waals surface area contributed by atoms with E-state index in [1.165, 1.54) is 5.56 Å². The van der Waals surface area contributed by atoms with E-state index in [1.54, 1.807) is 18.2 Å². The van der Waals surface area contributed by atoms with E-state index in [0.29, 0.717) is 10.6 Å². The van der Waals surface area contributed by atoms with Gasteiger partial charge in [-0.15, -0.1) is 0 Å². The Balaban J connectivity index is 2.22. The van der Waals surface area contributed by atoms with E-state index < -0.39 is 0 Å². The van der Waals surface area contributed by atoms with E-state index in [0.717, 1.165) is 15.7 Å². The first kappa shape index (κ1) is 14.1. The van der Waals surface area contributed by atoms with E-state index in [2.05, 4.69) is 21.2 Å². The molecule has 0 radical (unpaired) electrons. The summed E-state index contributed by atoms with van der Waals surface area (Å²) in [6.07, 6.45) is 0. The molecule has 0 aromatic heterocycles. The number of amides is 1. The van der Waals surface area contributed by atoms with Crippen LogP contribution in [0, 0.1) is 13.8 Å². The fourth-order valence-corrected chi connectivity index (χ4v) is 2.57. The van der Waals surface area contributed by atoms with Crippen LogP contribution in [0.25, 0.3) is 0 Å². The largest absolute Gasteiger partial charge is 0.322 e. The van der Waals surface area contributed by atoms with Crippen LogP contribution in [-0.4, -0.2) is 5.91 Å². The second-order valence-electron chi connectivity index (χ2n) is 4.41. The lowest BCUT2D eigenvalue weighted by Gasteiger charge is -2.08. The predicted molar refractivity (Wildman–Crippen MR) is 83.0 cm³/mol. The van der Waals surface area contributed by atoms with Crippen molar-refractivity contribution in [3.05, 3.63) is 62.6 Å². The zero-order valence-corrected chi connectivity index (χ0v) is 13.0. The van der Waals surface area contributed by atoms with Gasteiger partial charge in [-0.1, -0.05) is 33.6 Å². The number of nitrogens with one attached hydrogen (secondary N) is 1. The SMILES string of the molecule is Cc1ccc(NC(=O)c2cc(Cl)cc(Br)c2)cc1C. The Bertz CT molecular complexity index is 620. The minimum Gasteiger partial charge on any atom is -0.322 e. The van der Waals surface area contributed by atoms with Gasteiger partial charge in [0.2, 0.25) is 0 Å². The Kier molecular flexibility index (Phi) is 4.27. The highest BCUT2D eigenvalue weighted by molar-refractivity contribution is 9.10. The molecule has 0 aliphatic carbocycles. The van der Waals surface area contributed by atoms with E-state index in [-0.39, 0.29) is 5.91 Å². The maximum atomic E-state index is 12.1. The summed E-state index contributed by atoms with van der Waals surface area (Å²) in [5.41, 5.74) is 3.65. The monoisotopic (exact) mass is 337 g/mol. The number of hydrogen-bond donors (Lipinski definition) is 1. The maximum absolute atomic E-state index is 12.1. The van der Waals surface area contributed by atoms with Gasteiger partial charge in [-0.2, -0.15) is 0 Å². The molecule has 4 heteroatoms. The molecular weight excluding hydrogens is 326 g/mol. The maximum Gasteiger partial charge on any atom is 0.255 e. The zero-order chi connectivity index (χ0) is 14.0. The number of carbonyl (C=O) groups is 1. The predicted octanol–water partition coefficient (Wildman–Crippen LogP) is 4.97. The molecule has 0 atom stereocenters. The summed E-state index contributed by atoms with van der Waals surface area (Å²) in [5, 5.41) is 3.39. The average Bonchev–Trinajstić information content (AvgIpc) is 2.32. The summed E-state index contributed by atoms with van der Waals surface area (Å²) < 4.78 is 0.783. The first-order valence-corrected chi connectivity index (χ1v) is 6.97. The molecule has 2 aromatic rings. The summed E-state index contributed by atoms with van der Waals surface area (Å²) in [7, 11) is 0. The van der Waals surface area contributed by atoms with Crippen LogP contribution in [0.1, 0.15) is 21.5 Å². The van der Waals surface area contributed by atoms with Crippen molar-refractivity contribution in [2.24, 2.45) is 0 Å². The lowest BCUT2D eigenvalue weighted by atomic mass is 10.1. The molecule has 0 aliphatic rings. The van der Waals surface area contributed by atoms with E-state index in [4.69, 9.17) is 11.6 Å². The molecule has 2 rings (SSSR count). The Hall–Kier alpha value is -1.32. The number of hydrogen-bond acceptors (Lipinski definition) is 1. The number of halogens is 2. The summed E-state index contributed by atoms with van der Waals surface area (Å²) in [5.74, 6) is -0.175. The van der Waals surface area contributed by atoms with Crippen molar-refractivity contribution in [3.63, 3.8) is 0 Å². The van der Waals surface area contributed by atoms with Crippen LogP contribution in [0.15, 0.2) is 40.9 Å². The van der Waals surface area contributed by atoms with Crippen LogP contribution in [0.5, 0.6) is 0 Å². The van der Waals surface area contributed by atoms with Gasteiger partial charge < -0.3 is 5.32 Å². The highest BCUT2D eigenvalue weighted by Gasteiger charge is 2.08. The molecule has 0 heterocycles. The Morgan fingerprint density at radius 2 is 1.84 bits per heavy atom. The van der Waals surface area contributed by atoms with Gasteiger partial charge in [-0.05, 0) is 55.3 Å². The molecule has 0 spiro atoms. The molecule has 0 saturated heterocycles. The minimum absolute atomic E-state index is 0.175. The van der Waals surface area contributed by atoms with Crippen molar-refractivity contribution in [2.45, 2.75) is 13.8 Å². The standard InChI is InChI=1S/C15H13BrClNO/c1-9-3-4-14(5-10(9)2)18-15(19)11-6-12(16)8-13(17)7-11/h3-8H,1-2H3,(H,18,19). The topological polar surface area (TPSA) is 29.1 Å². The van der Waals surface area contributed by atoms with Crippen molar-refractivity contribution in [3.8, 4) is 0 Å². The number of rotatable bonds is 2. The Labute approximate surface area is 125 Å². The number of anilines is 1. The Morgan fingerprint density at radius 1 is 1.11 bits per heavy atom. The molecule has 0 saturated carbocycles. The first-order chi connectivity index (χ1) is 8.95. The molecule has 19 heavy (non-hydrogen) atoms. The van der Waals surface area contributed by atoms with Crippen molar-refractivity contribution < 1.29 is 4.79 Å². The van der Waals surface area contributed by atoms with Gasteiger partial charge >= 0.3 is 0 Å². The summed E-state index contributed by atoms with van der Waals surface area (Å²) >= 11 is 9.26. The number of carbonyl (C=O) groups excluding carboxylic acids is 1. The summed E-state index contributed by atoms with van der Waals surface area (Å²) in [6, 6.07) is 10.9. The number of aryl methyl sites for hydroxylation is 2. The van der Waals surface area contributed by atoms with Gasteiger partial charge in [0.05, 0.1) is 0 Å². The van der Waals surface area contributed by atoms with Crippen molar-refractivity contribution in [2.75, 3.05) is 5.32 Å². The molecule has 0 bridgehead atoms. The third-order valence-corrected chi connectivity index (χ3v) is 3.57. The summed E-state index contributed by atoms with van der Waals surface area (Å²) in [6.45, 7) is 4.05. The lowest BCUT2D eigenvalue weighted by Crippen LogP contribution is -2.12. The van der Waals surface area contributed by atoms with Crippen LogP contribution in [0.4, 0.5) is 5.69 Å². The molecule has 0 unspecified atom stereocenters. The molecule has 2 aromatic carbocycles. The van der Waals surface area contributed by atoms with Gasteiger partial charge in [0.1, 0.15) is 0 Å². The molecular formula is C15H13BrClNO. The van der Waals surface area contributed by atoms with Gasteiger partial charge in [0.25, 0.3) is 5.91 Å². The molecule has 98 valence electrons. The normalized spacial score (nSPS) is 10.3. The third kappa shape index (κ3) is 3.58. The summed E-state index contributed by atoms with van der Waals surface area (Å²) in [4.78, 5) is 12.1. The minimum atomic E-state index is -0.175. The molecule has 1 N–H and O–H groups in total. The molecule has 2 nitrogen and oxygen atoms in total. The highest BCUT2D eigenvalue weighted by atomic mass is 79.9. The van der Waals surface area contributed by atoms with Crippen LogP contribution in [0.2, 0.25) is 5.02 Å². The molecule has 0 fully saturated rings. The second-order valence-corrected chi connectivity index (χ2v) is 5.76. The zero-order valence-electron chi connectivity index (χ0n) is 10.6. The fraction of sp³-hybridized carbons (Fsp3) is 0.133. The number of benzene rings is 2. The van der Waals surface area contributed by atoms with Crippen molar-refractivity contribution >= 4 is 39.1 Å². The van der Waals surface area contributed by atoms with Gasteiger partial charge in [-0.3, -0.25) is 4.79 Å². The van der Waals surface area contributed by atoms with Crippen LogP contribution < -0.4 is 5.32 Å². The smallest absolute Gasteiger partial charge is 0.255 e. The van der Waals surface area contributed by atoms with E-state index >= 15 is 0 Å². The molecule has 0 aliphatic heterocycles. The Morgan fingerprint density at radius 3 is 2.47 bits per heavy atom. The average molecular weight is 339 g/mol. The molecule has 1 amide bonds. The van der Waals surface area contributed by atoms with Crippen molar-refractivity contribution in [1.29, 1.82) is 0 Å².